The van der Waals surface area contributed by atoms with Gasteiger partial charge in [-0.05, 0) is 0 Å². The first kappa shape index (κ1) is 16.2. The van der Waals surface area contributed by atoms with Gasteiger partial charge < -0.3 is 30.2 Å². The van der Waals surface area contributed by atoms with Crippen LogP contribution >= 0.6 is 15.2 Å². The van der Waals surface area contributed by atoms with E-state index in [1.54, 1.807) is 0 Å². The van der Waals surface area contributed by atoms with E-state index in [4.69, 9.17) is 19.6 Å². The Labute approximate surface area is 93.8 Å². The zero-order chi connectivity index (χ0) is 12.7. The quantitative estimate of drug-likeness (QED) is 0.343. The van der Waals surface area contributed by atoms with Gasteiger partial charge in [-0.1, -0.05) is 0 Å². The summed E-state index contributed by atoms with van der Waals surface area (Å²) in [6, 6.07) is 0. The highest BCUT2D eigenvalue weighted by Crippen LogP contribution is 2.42. The monoisotopic (exact) mass is 276 g/mol. The molecule has 0 radical (unpaired) electrons. The Morgan fingerprint density at radius 2 is 1.00 bits per heavy atom. The normalized spacial score (nSPS) is 17.5. The summed E-state index contributed by atoms with van der Waals surface area (Å²) in [6.07, 6.45) is -1.53. The standard InChI is InChI=1S/C4H10N2.C2H8O6P2/c1-2-6-4-3-5-1;3-9(4,5)1-2-10(6,7)8/h5-6H,1-4H2;1-2H2,(H2,3,4,5)(H2,6,7,8). The molecule has 0 atom stereocenters. The lowest BCUT2D eigenvalue weighted by atomic mass is 10.4. The van der Waals surface area contributed by atoms with Gasteiger partial charge in [0.15, 0.2) is 0 Å². The molecule has 0 aromatic heterocycles. The molecule has 6 N–H and O–H groups in total. The van der Waals surface area contributed by atoms with Crippen molar-refractivity contribution in [1.82, 2.24) is 10.6 Å². The third-order valence-electron chi connectivity index (χ3n) is 1.64. The molecular weight excluding hydrogens is 258 g/mol. The molecule has 1 saturated heterocycles. The minimum atomic E-state index is -4.25. The molecule has 0 bridgehead atoms. The summed E-state index contributed by atoms with van der Waals surface area (Å²) in [6.45, 7) is 4.56. The van der Waals surface area contributed by atoms with Gasteiger partial charge in [0.25, 0.3) is 0 Å². The van der Waals surface area contributed by atoms with E-state index in [0.29, 0.717) is 0 Å². The third kappa shape index (κ3) is 14.2. The molecule has 1 heterocycles. The molecule has 0 aromatic rings. The van der Waals surface area contributed by atoms with Gasteiger partial charge in [0, 0.05) is 26.2 Å². The molecule has 0 spiro atoms. The molecule has 0 unspecified atom stereocenters. The van der Waals surface area contributed by atoms with Crippen molar-refractivity contribution in [2.24, 2.45) is 0 Å². The van der Waals surface area contributed by atoms with Crippen LogP contribution in [0.1, 0.15) is 0 Å². The lowest BCUT2D eigenvalue weighted by Gasteiger charge is -2.11. The van der Waals surface area contributed by atoms with E-state index in [-0.39, 0.29) is 0 Å². The molecule has 1 rings (SSSR count). The maximum Gasteiger partial charge on any atom is 0.326 e. The van der Waals surface area contributed by atoms with E-state index in [1.807, 2.05) is 0 Å². The first-order valence-corrected chi connectivity index (χ1v) is 8.31. The molecule has 8 nitrogen and oxygen atoms in total. The van der Waals surface area contributed by atoms with Crippen LogP contribution < -0.4 is 10.6 Å². The SMILES string of the molecule is C1CNCCN1.O=P(O)(O)CCP(=O)(O)O. The zero-order valence-electron chi connectivity index (χ0n) is 8.74. The Hall–Kier alpha value is 0.220. The molecule has 1 fully saturated rings. The van der Waals surface area contributed by atoms with Crippen LogP contribution in [0.4, 0.5) is 0 Å². The van der Waals surface area contributed by atoms with Gasteiger partial charge >= 0.3 is 15.2 Å². The maximum atomic E-state index is 10.0. The van der Waals surface area contributed by atoms with Crippen molar-refractivity contribution in [2.45, 2.75) is 0 Å². The summed E-state index contributed by atoms with van der Waals surface area (Å²) < 4.78 is 20.1. The van der Waals surface area contributed by atoms with Crippen LogP contribution in [-0.2, 0) is 9.13 Å². The van der Waals surface area contributed by atoms with Crippen molar-refractivity contribution in [3.8, 4) is 0 Å². The summed E-state index contributed by atoms with van der Waals surface area (Å²) in [5.41, 5.74) is 0. The molecule has 10 heteroatoms. The Morgan fingerprint density at radius 3 is 1.12 bits per heavy atom. The number of rotatable bonds is 3. The molecule has 0 saturated carbocycles. The highest BCUT2D eigenvalue weighted by atomic mass is 31.2. The van der Waals surface area contributed by atoms with Crippen LogP contribution in [-0.4, -0.2) is 58.1 Å². The first-order chi connectivity index (χ1) is 7.21. The van der Waals surface area contributed by atoms with Gasteiger partial charge in [-0.3, -0.25) is 9.13 Å². The molecule has 1 aliphatic rings. The van der Waals surface area contributed by atoms with E-state index in [2.05, 4.69) is 10.6 Å². The molecule has 1 aliphatic heterocycles. The van der Waals surface area contributed by atoms with E-state index < -0.39 is 27.5 Å². The van der Waals surface area contributed by atoms with Crippen LogP contribution in [0.25, 0.3) is 0 Å². The lowest BCUT2D eigenvalue weighted by molar-refractivity contribution is 0.360. The van der Waals surface area contributed by atoms with Crippen LogP contribution in [0, 0.1) is 0 Å². The molecule has 0 aliphatic carbocycles. The average Bonchev–Trinajstić information content (AvgIpc) is 2.17. The van der Waals surface area contributed by atoms with Crippen molar-refractivity contribution in [1.29, 1.82) is 0 Å². The van der Waals surface area contributed by atoms with Crippen molar-refractivity contribution in [3.05, 3.63) is 0 Å². The fraction of sp³-hybridized carbons (Fsp3) is 1.00. The number of hydrogen-bond donors (Lipinski definition) is 6. The van der Waals surface area contributed by atoms with E-state index in [0.717, 1.165) is 26.2 Å². The Morgan fingerprint density at radius 1 is 0.750 bits per heavy atom. The van der Waals surface area contributed by atoms with Crippen LogP contribution in [0.5, 0.6) is 0 Å². The van der Waals surface area contributed by atoms with Gasteiger partial charge in [0.05, 0.1) is 12.3 Å². The van der Waals surface area contributed by atoms with Gasteiger partial charge in [-0.25, -0.2) is 0 Å². The molecule has 98 valence electrons. The van der Waals surface area contributed by atoms with Gasteiger partial charge in [0.2, 0.25) is 0 Å². The second kappa shape index (κ2) is 7.53. The predicted octanol–water partition coefficient (Wildman–Crippen LogP) is -1.48. The predicted molar refractivity (Wildman–Crippen MR) is 59.6 cm³/mol. The van der Waals surface area contributed by atoms with Crippen molar-refractivity contribution < 1.29 is 28.7 Å². The summed E-state index contributed by atoms with van der Waals surface area (Å²) in [7, 11) is -8.51. The zero-order valence-corrected chi connectivity index (χ0v) is 10.5. The van der Waals surface area contributed by atoms with Gasteiger partial charge in [-0.2, -0.15) is 0 Å². The Kier molecular flexibility index (Phi) is 7.63. The second-order valence-corrected chi connectivity index (χ2v) is 6.83. The maximum absolute atomic E-state index is 10.0. The van der Waals surface area contributed by atoms with Gasteiger partial charge in [0.1, 0.15) is 0 Å². The molecular formula is C6H18N2O6P2. The van der Waals surface area contributed by atoms with Crippen LogP contribution in [0.2, 0.25) is 0 Å². The number of piperazine rings is 1. The average molecular weight is 276 g/mol. The lowest BCUT2D eigenvalue weighted by Crippen LogP contribution is -2.39. The van der Waals surface area contributed by atoms with Crippen molar-refractivity contribution in [3.63, 3.8) is 0 Å². The van der Waals surface area contributed by atoms with E-state index >= 15 is 0 Å². The molecule has 0 aromatic carbocycles. The smallest absolute Gasteiger partial charge is 0.324 e. The largest absolute Gasteiger partial charge is 0.326 e. The van der Waals surface area contributed by atoms with E-state index in [1.165, 1.54) is 0 Å². The minimum Gasteiger partial charge on any atom is -0.324 e. The molecule has 16 heavy (non-hydrogen) atoms. The van der Waals surface area contributed by atoms with Crippen molar-refractivity contribution in [2.75, 3.05) is 38.5 Å². The topological polar surface area (TPSA) is 139 Å². The Balaban J connectivity index is 0.000000315. The van der Waals surface area contributed by atoms with Crippen molar-refractivity contribution >= 4 is 15.2 Å². The first-order valence-electron chi connectivity index (χ1n) is 4.71. The fourth-order valence-electron chi connectivity index (χ4n) is 0.864. The third-order valence-corrected chi connectivity index (χ3v) is 3.60. The summed E-state index contributed by atoms with van der Waals surface area (Å²) >= 11 is 0. The second-order valence-electron chi connectivity index (χ2n) is 3.28. The van der Waals surface area contributed by atoms with Gasteiger partial charge in [-0.15, -0.1) is 0 Å². The Bertz CT molecular complexity index is 237. The number of hydrogen-bond acceptors (Lipinski definition) is 4. The number of nitrogens with one attached hydrogen (secondary N) is 2. The summed E-state index contributed by atoms with van der Waals surface area (Å²) in [5.74, 6) is 0. The van der Waals surface area contributed by atoms with Crippen LogP contribution in [0.15, 0.2) is 0 Å². The molecule has 0 amide bonds. The summed E-state index contributed by atoms with van der Waals surface area (Å²) in [5, 5.41) is 6.44. The summed E-state index contributed by atoms with van der Waals surface area (Å²) in [4.78, 5) is 32.6. The van der Waals surface area contributed by atoms with E-state index in [9.17, 15) is 9.13 Å². The van der Waals surface area contributed by atoms with Crippen LogP contribution in [0.3, 0.4) is 0 Å². The highest BCUT2D eigenvalue weighted by molar-refractivity contribution is 7.56. The minimum absolute atomic E-state index is 0.767. The fourth-order valence-corrected chi connectivity index (χ4v) is 2.95. The highest BCUT2D eigenvalue weighted by Gasteiger charge is 2.20.